The maximum Gasteiger partial charge on any atom is 0.282 e. The molecule has 0 saturated heterocycles. The smallest absolute Gasteiger partial charge is 0.282 e. The molecular formula is C23H13BrN4O5. The van der Waals surface area contributed by atoms with Gasteiger partial charge in [-0.1, -0.05) is 28.1 Å². The molecule has 0 atom stereocenters. The number of hydrogen-bond acceptors (Lipinski definition) is 7. The van der Waals surface area contributed by atoms with E-state index >= 15 is 0 Å². The van der Waals surface area contributed by atoms with Crippen LogP contribution in [-0.4, -0.2) is 25.9 Å². The Morgan fingerprint density at radius 3 is 2.76 bits per heavy atom. The Bertz CT molecular complexity index is 1650. The van der Waals surface area contributed by atoms with Crippen molar-refractivity contribution in [3.8, 4) is 17.3 Å². The lowest BCUT2D eigenvalue weighted by atomic mass is 10.2. The molecule has 0 aliphatic rings. The van der Waals surface area contributed by atoms with Crippen molar-refractivity contribution in [2.75, 3.05) is 0 Å². The van der Waals surface area contributed by atoms with Crippen molar-refractivity contribution in [1.29, 1.82) is 0 Å². The summed E-state index contributed by atoms with van der Waals surface area (Å²) in [6.07, 6.45) is 1.14. The number of phenols is 1. The third-order valence-electron chi connectivity index (χ3n) is 4.97. The predicted molar refractivity (Wildman–Crippen MR) is 127 cm³/mol. The van der Waals surface area contributed by atoms with Gasteiger partial charge in [0.15, 0.2) is 5.76 Å². The molecular weight excluding hydrogens is 492 g/mol. The van der Waals surface area contributed by atoms with E-state index < -0.39 is 10.5 Å². The topological polar surface area (TPSA) is 124 Å². The van der Waals surface area contributed by atoms with Gasteiger partial charge in [-0.25, -0.2) is 4.98 Å². The monoisotopic (exact) mass is 504 g/mol. The molecule has 5 aromatic rings. The van der Waals surface area contributed by atoms with E-state index in [-0.39, 0.29) is 22.8 Å². The second kappa shape index (κ2) is 7.99. The van der Waals surface area contributed by atoms with Crippen LogP contribution in [0, 0.1) is 10.1 Å². The Balaban J connectivity index is 1.75. The van der Waals surface area contributed by atoms with E-state index in [1.165, 1.54) is 12.1 Å². The minimum Gasteiger partial charge on any atom is -0.508 e. The van der Waals surface area contributed by atoms with Crippen molar-refractivity contribution in [3.05, 3.63) is 97.2 Å². The van der Waals surface area contributed by atoms with Crippen molar-refractivity contribution < 1.29 is 14.4 Å². The van der Waals surface area contributed by atoms with Crippen molar-refractivity contribution in [2.24, 2.45) is 5.10 Å². The highest BCUT2D eigenvalue weighted by molar-refractivity contribution is 9.10. The van der Waals surface area contributed by atoms with Gasteiger partial charge in [-0.05, 0) is 48.5 Å². The van der Waals surface area contributed by atoms with Crippen LogP contribution in [0.3, 0.4) is 0 Å². The molecule has 0 aliphatic carbocycles. The minimum atomic E-state index is -0.597. The highest BCUT2D eigenvalue weighted by atomic mass is 79.9. The predicted octanol–water partition coefficient (Wildman–Crippen LogP) is 5.07. The molecule has 0 unspecified atom stereocenters. The largest absolute Gasteiger partial charge is 0.508 e. The van der Waals surface area contributed by atoms with E-state index in [4.69, 9.17) is 4.42 Å². The van der Waals surface area contributed by atoms with Crippen LogP contribution < -0.4 is 5.56 Å². The summed E-state index contributed by atoms with van der Waals surface area (Å²) in [7, 11) is 0. The van der Waals surface area contributed by atoms with E-state index in [1.807, 2.05) is 12.1 Å². The highest BCUT2D eigenvalue weighted by Gasteiger charge is 2.18. The Morgan fingerprint density at radius 1 is 1.12 bits per heavy atom. The molecule has 0 saturated carbocycles. The Hall–Kier alpha value is -4.31. The zero-order valence-electron chi connectivity index (χ0n) is 16.7. The van der Waals surface area contributed by atoms with Crippen LogP contribution in [0.25, 0.3) is 33.5 Å². The van der Waals surface area contributed by atoms with Gasteiger partial charge in [-0.15, -0.1) is 0 Å². The van der Waals surface area contributed by atoms with Crippen LogP contribution in [0.1, 0.15) is 5.56 Å². The van der Waals surface area contributed by atoms with Gasteiger partial charge in [0, 0.05) is 15.9 Å². The third kappa shape index (κ3) is 3.76. The van der Waals surface area contributed by atoms with Crippen LogP contribution >= 0.6 is 15.9 Å². The SMILES string of the molecule is O=c1c2ccccc2nc(-c2cc3cc(Br)ccc3o2)n1N=Cc1cc(O)ccc1[N+](=O)[O-]. The molecule has 0 amide bonds. The molecule has 9 nitrogen and oxygen atoms in total. The molecule has 0 spiro atoms. The minimum absolute atomic E-state index is 0.0274. The lowest BCUT2D eigenvalue weighted by molar-refractivity contribution is -0.385. The number of nitro groups is 1. The van der Waals surface area contributed by atoms with E-state index in [0.29, 0.717) is 22.2 Å². The Morgan fingerprint density at radius 2 is 1.94 bits per heavy atom. The van der Waals surface area contributed by atoms with Crippen molar-refractivity contribution in [3.63, 3.8) is 0 Å². The zero-order valence-corrected chi connectivity index (χ0v) is 18.3. The molecule has 33 heavy (non-hydrogen) atoms. The average Bonchev–Trinajstić information content (AvgIpc) is 3.21. The molecule has 2 aromatic heterocycles. The van der Waals surface area contributed by atoms with Gasteiger partial charge >= 0.3 is 0 Å². The second-order valence-corrected chi connectivity index (χ2v) is 8.02. The summed E-state index contributed by atoms with van der Waals surface area (Å²) < 4.78 is 7.81. The number of nitro benzene ring substituents is 1. The number of furan rings is 1. The number of rotatable bonds is 4. The third-order valence-corrected chi connectivity index (χ3v) is 5.47. The lowest BCUT2D eigenvalue weighted by Gasteiger charge is -2.07. The van der Waals surface area contributed by atoms with Gasteiger partial charge in [-0.2, -0.15) is 9.78 Å². The fourth-order valence-corrected chi connectivity index (χ4v) is 3.83. The number of nitrogens with zero attached hydrogens (tertiary/aromatic N) is 4. The maximum atomic E-state index is 13.3. The van der Waals surface area contributed by atoms with Crippen molar-refractivity contribution >= 4 is 49.7 Å². The van der Waals surface area contributed by atoms with Gasteiger partial charge < -0.3 is 9.52 Å². The summed E-state index contributed by atoms with van der Waals surface area (Å²) in [5.41, 5.74) is 0.327. The van der Waals surface area contributed by atoms with E-state index in [0.717, 1.165) is 26.8 Å². The number of fused-ring (bicyclic) bond motifs is 2. The van der Waals surface area contributed by atoms with E-state index in [2.05, 4.69) is 26.0 Å². The fraction of sp³-hybridized carbons (Fsp3) is 0. The van der Waals surface area contributed by atoms with Crippen LogP contribution in [-0.2, 0) is 0 Å². The van der Waals surface area contributed by atoms with Crippen LogP contribution in [0.4, 0.5) is 5.69 Å². The summed E-state index contributed by atoms with van der Waals surface area (Å²) in [5.74, 6) is 0.257. The van der Waals surface area contributed by atoms with E-state index in [9.17, 15) is 20.0 Å². The first-order valence-electron chi connectivity index (χ1n) is 9.64. The highest BCUT2D eigenvalue weighted by Crippen LogP contribution is 2.29. The number of halogens is 1. The lowest BCUT2D eigenvalue weighted by Crippen LogP contribution is -2.20. The first-order chi connectivity index (χ1) is 15.9. The summed E-state index contributed by atoms with van der Waals surface area (Å²) in [4.78, 5) is 28.6. The summed E-state index contributed by atoms with van der Waals surface area (Å²) in [6, 6.07) is 17.6. The van der Waals surface area contributed by atoms with Crippen LogP contribution in [0.15, 0.2) is 85.5 Å². The number of para-hydroxylation sites is 1. The molecule has 0 fully saturated rings. The number of benzene rings is 3. The van der Waals surface area contributed by atoms with Gasteiger partial charge in [0.1, 0.15) is 11.3 Å². The van der Waals surface area contributed by atoms with Gasteiger partial charge in [0.2, 0.25) is 5.82 Å². The van der Waals surface area contributed by atoms with E-state index in [1.54, 1.807) is 36.4 Å². The Kier molecular flexibility index (Phi) is 4.98. The summed E-state index contributed by atoms with van der Waals surface area (Å²) in [5, 5.41) is 26.4. The second-order valence-electron chi connectivity index (χ2n) is 7.11. The summed E-state index contributed by atoms with van der Waals surface area (Å²) >= 11 is 3.42. The van der Waals surface area contributed by atoms with Gasteiger partial charge in [-0.3, -0.25) is 14.9 Å². The maximum absolute atomic E-state index is 13.3. The standard InChI is InChI=1S/C23H13BrN4O5/c24-15-5-8-20-13(9-15)11-21(33-20)22-26-18-4-2-1-3-17(18)23(30)27(22)25-12-14-10-16(29)6-7-19(14)28(31)32/h1-12,29H. The zero-order chi connectivity index (χ0) is 23.1. The number of aromatic hydroxyl groups is 1. The van der Waals surface area contributed by atoms with Crippen molar-refractivity contribution in [2.45, 2.75) is 0 Å². The first kappa shape index (κ1) is 20.6. The number of aromatic nitrogens is 2. The molecule has 3 aromatic carbocycles. The van der Waals surface area contributed by atoms with Crippen LogP contribution in [0.2, 0.25) is 0 Å². The number of hydrogen-bond donors (Lipinski definition) is 1. The first-order valence-corrected chi connectivity index (χ1v) is 10.4. The molecule has 2 heterocycles. The molecule has 162 valence electrons. The molecule has 5 rings (SSSR count). The normalized spacial score (nSPS) is 11.5. The molecule has 1 N–H and O–H groups in total. The molecule has 0 aliphatic heterocycles. The van der Waals surface area contributed by atoms with Crippen LogP contribution in [0.5, 0.6) is 5.75 Å². The average molecular weight is 505 g/mol. The molecule has 0 bridgehead atoms. The van der Waals surface area contributed by atoms with Crippen molar-refractivity contribution in [1.82, 2.24) is 9.66 Å². The summed E-state index contributed by atoms with van der Waals surface area (Å²) in [6.45, 7) is 0. The Labute approximate surface area is 193 Å². The molecule has 0 radical (unpaired) electrons. The molecule has 10 heteroatoms. The quantitative estimate of drug-likeness (QED) is 0.207. The van der Waals surface area contributed by atoms with Gasteiger partial charge in [0.05, 0.1) is 27.6 Å². The number of phenolic OH excluding ortho intramolecular Hbond substituents is 1. The van der Waals surface area contributed by atoms with Gasteiger partial charge in [0.25, 0.3) is 11.2 Å². The fourth-order valence-electron chi connectivity index (χ4n) is 3.45.